The molecule has 1 aromatic heterocycles. The molecule has 0 unspecified atom stereocenters. The molecule has 5 rings (SSSR count). The normalized spacial score (nSPS) is 15.1. The highest BCUT2D eigenvalue weighted by Crippen LogP contribution is 2.37. The molecule has 194 valence electrons. The van der Waals surface area contributed by atoms with Crippen LogP contribution in [0, 0.1) is 11.3 Å². The minimum atomic E-state index is -0.155. The largest absolute Gasteiger partial charge is 0.490 e. The van der Waals surface area contributed by atoms with Crippen LogP contribution in [0.25, 0.3) is 6.08 Å². The van der Waals surface area contributed by atoms with Crippen LogP contribution in [0.1, 0.15) is 29.4 Å². The predicted molar refractivity (Wildman–Crippen MR) is 151 cm³/mol. The van der Waals surface area contributed by atoms with Crippen LogP contribution in [-0.4, -0.2) is 22.6 Å². The van der Waals surface area contributed by atoms with Gasteiger partial charge >= 0.3 is 0 Å². The number of amides is 1. The molecule has 0 saturated carbocycles. The van der Waals surface area contributed by atoms with Crippen LogP contribution in [0.3, 0.4) is 0 Å². The maximum Gasteiger partial charge on any atom is 0.267 e. The van der Waals surface area contributed by atoms with Crippen LogP contribution in [0.4, 0.5) is 5.69 Å². The third-order valence-corrected chi connectivity index (χ3v) is 6.86. The van der Waals surface area contributed by atoms with Crippen LogP contribution >= 0.6 is 11.8 Å². The lowest BCUT2D eigenvalue weighted by Gasteiger charge is -2.14. The SMILES string of the molecule is CCOc1cc(/C=C2/SC(=Nc3ccccc3)N(Cc3ccco3)C2=O)ccc1OCc1ccccc1C#N. The first-order valence-corrected chi connectivity index (χ1v) is 13.2. The first-order chi connectivity index (χ1) is 19.1. The number of nitriles is 1. The van der Waals surface area contributed by atoms with E-state index in [-0.39, 0.29) is 19.1 Å². The number of amidine groups is 1. The third-order valence-electron chi connectivity index (χ3n) is 5.85. The molecule has 2 heterocycles. The number of hydrogen-bond donors (Lipinski definition) is 0. The number of aliphatic imine (C=N–C) groups is 1. The summed E-state index contributed by atoms with van der Waals surface area (Å²) < 4.78 is 17.4. The van der Waals surface area contributed by atoms with Gasteiger partial charge in [0.1, 0.15) is 12.4 Å². The summed E-state index contributed by atoms with van der Waals surface area (Å²) in [5.41, 5.74) is 2.92. The molecule has 1 saturated heterocycles. The number of rotatable bonds is 9. The Morgan fingerprint density at radius 1 is 1.00 bits per heavy atom. The fraction of sp³-hybridized carbons (Fsp3) is 0.129. The van der Waals surface area contributed by atoms with E-state index in [1.807, 2.05) is 85.8 Å². The molecule has 39 heavy (non-hydrogen) atoms. The van der Waals surface area contributed by atoms with E-state index in [2.05, 4.69) is 6.07 Å². The number of para-hydroxylation sites is 1. The van der Waals surface area contributed by atoms with E-state index in [9.17, 15) is 10.1 Å². The van der Waals surface area contributed by atoms with Crippen molar-refractivity contribution in [3.63, 3.8) is 0 Å². The van der Waals surface area contributed by atoms with Gasteiger partial charge in [0, 0.05) is 5.56 Å². The van der Waals surface area contributed by atoms with Crippen molar-refractivity contribution >= 4 is 34.6 Å². The first kappa shape index (κ1) is 25.9. The lowest BCUT2D eigenvalue weighted by atomic mass is 10.1. The Hall–Kier alpha value is -4.74. The molecule has 0 spiro atoms. The van der Waals surface area contributed by atoms with Crippen molar-refractivity contribution in [3.05, 3.63) is 119 Å². The van der Waals surface area contributed by atoms with Crippen LogP contribution in [0.2, 0.25) is 0 Å². The fourth-order valence-corrected chi connectivity index (χ4v) is 4.96. The summed E-state index contributed by atoms with van der Waals surface area (Å²) in [6.45, 7) is 2.86. The average molecular weight is 536 g/mol. The minimum absolute atomic E-state index is 0.155. The van der Waals surface area contributed by atoms with E-state index in [1.54, 1.807) is 23.3 Å². The summed E-state index contributed by atoms with van der Waals surface area (Å²) in [5, 5.41) is 9.93. The first-order valence-electron chi connectivity index (χ1n) is 12.4. The number of nitrogens with zero attached hydrogens (tertiary/aromatic N) is 3. The molecule has 0 atom stereocenters. The number of ether oxygens (including phenoxy) is 2. The maximum absolute atomic E-state index is 13.5. The van der Waals surface area contributed by atoms with E-state index >= 15 is 0 Å². The van der Waals surface area contributed by atoms with E-state index < -0.39 is 0 Å². The monoisotopic (exact) mass is 535 g/mol. The van der Waals surface area contributed by atoms with Crippen LogP contribution < -0.4 is 9.47 Å². The average Bonchev–Trinajstić information content (AvgIpc) is 3.58. The van der Waals surface area contributed by atoms with Crippen molar-refractivity contribution in [2.75, 3.05) is 6.61 Å². The highest BCUT2D eigenvalue weighted by molar-refractivity contribution is 8.18. The highest BCUT2D eigenvalue weighted by Gasteiger charge is 2.34. The van der Waals surface area contributed by atoms with Gasteiger partial charge in [-0.2, -0.15) is 5.26 Å². The number of hydrogen-bond acceptors (Lipinski definition) is 7. The van der Waals surface area contributed by atoms with E-state index in [1.165, 1.54) is 11.8 Å². The van der Waals surface area contributed by atoms with Gasteiger partial charge in [-0.3, -0.25) is 9.69 Å². The smallest absolute Gasteiger partial charge is 0.267 e. The Morgan fingerprint density at radius 3 is 2.59 bits per heavy atom. The van der Waals surface area contributed by atoms with Crippen LogP contribution in [-0.2, 0) is 17.9 Å². The van der Waals surface area contributed by atoms with E-state index in [0.717, 1.165) is 16.8 Å². The highest BCUT2D eigenvalue weighted by atomic mass is 32.2. The molecule has 1 aliphatic heterocycles. The summed E-state index contributed by atoms with van der Waals surface area (Å²) in [6, 6.07) is 28.2. The van der Waals surface area contributed by atoms with Gasteiger partial charge in [-0.1, -0.05) is 42.5 Å². The molecule has 4 aromatic rings. The third kappa shape index (κ3) is 6.22. The summed E-state index contributed by atoms with van der Waals surface area (Å²) in [7, 11) is 0. The number of carbonyl (C=O) groups excluding carboxylic acids is 1. The quantitative estimate of drug-likeness (QED) is 0.216. The van der Waals surface area contributed by atoms with Gasteiger partial charge in [-0.25, -0.2) is 4.99 Å². The zero-order valence-corrected chi connectivity index (χ0v) is 22.1. The summed E-state index contributed by atoms with van der Waals surface area (Å²) in [5.74, 6) is 1.63. The number of benzene rings is 3. The van der Waals surface area contributed by atoms with E-state index in [0.29, 0.717) is 39.5 Å². The second-order valence-electron chi connectivity index (χ2n) is 8.51. The molecule has 8 heteroatoms. The van der Waals surface area contributed by atoms with Gasteiger partial charge in [0.2, 0.25) is 0 Å². The van der Waals surface area contributed by atoms with Crippen molar-refractivity contribution in [3.8, 4) is 17.6 Å². The van der Waals surface area contributed by atoms with Crippen LogP contribution in [0.15, 0.2) is 106 Å². The number of thioether (sulfide) groups is 1. The second kappa shape index (κ2) is 12.2. The Bertz CT molecular complexity index is 1560. The maximum atomic E-state index is 13.5. The zero-order chi connectivity index (χ0) is 27.0. The Kier molecular flexibility index (Phi) is 8.10. The molecule has 0 radical (unpaired) electrons. The lowest BCUT2D eigenvalue weighted by Crippen LogP contribution is -2.28. The van der Waals surface area contributed by atoms with Crippen molar-refractivity contribution in [2.45, 2.75) is 20.1 Å². The molecule has 3 aromatic carbocycles. The topological polar surface area (TPSA) is 88.1 Å². The standard InChI is InChI=1S/C31H25N3O4S/c1-2-36-28-17-22(14-15-27(28)38-21-24-10-7-6-9-23(24)19-32)18-29-30(35)34(20-26-13-8-16-37-26)31(39-29)33-25-11-4-3-5-12-25/h3-18H,2,20-21H2,1H3/b29-18+,33-31?. The number of carbonyl (C=O) groups is 1. The Labute approximate surface area is 231 Å². The predicted octanol–water partition coefficient (Wildman–Crippen LogP) is 6.93. The Balaban J connectivity index is 1.41. The second-order valence-corrected chi connectivity index (χ2v) is 9.52. The molecule has 0 aliphatic carbocycles. The van der Waals surface area contributed by atoms with Gasteiger partial charge in [-0.15, -0.1) is 0 Å². The van der Waals surface area contributed by atoms with Crippen molar-refractivity contribution in [2.24, 2.45) is 4.99 Å². The van der Waals surface area contributed by atoms with Gasteiger partial charge in [0.25, 0.3) is 5.91 Å². The molecular weight excluding hydrogens is 510 g/mol. The lowest BCUT2D eigenvalue weighted by molar-refractivity contribution is -0.122. The molecule has 0 N–H and O–H groups in total. The van der Waals surface area contributed by atoms with Gasteiger partial charge < -0.3 is 13.9 Å². The van der Waals surface area contributed by atoms with E-state index in [4.69, 9.17) is 18.9 Å². The van der Waals surface area contributed by atoms with Crippen molar-refractivity contribution in [1.82, 2.24) is 4.90 Å². The minimum Gasteiger partial charge on any atom is -0.490 e. The molecular formula is C31H25N3O4S. The summed E-state index contributed by atoms with van der Waals surface area (Å²) in [4.78, 5) is 20.3. The summed E-state index contributed by atoms with van der Waals surface area (Å²) in [6.07, 6.45) is 3.42. The van der Waals surface area contributed by atoms with Gasteiger partial charge in [0.15, 0.2) is 16.7 Å². The van der Waals surface area contributed by atoms with Gasteiger partial charge in [-0.05, 0) is 72.8 Å². The molecule has 7 nitrogen and oxygen atoms in total. The Morgan fingerprint density at radius 2 is 1.82 bits per heavy atom. The molecule has 0 bridgehead atoms. The van der Waals surface area contributed by atoms with Crippen molar-refractivity contribution < 1.29 is 18.7 Å². The number of furan rings is 1. The molecule has 1 amide bonds. The zero-order valence-electron chi connectivity index (χ0n) is 21.2. The fourth-order valence-electron chi connectivity index (χ4n) is 3.97. The van der Waals surface area contributed by atoms with Crippen LogP contribution in [0.5, 0.6) is 11.5 Å². The van der Waals surface area contributed by atoms with Crippen molar-refractivity contribution in [1.29, 1.82) is 5.26 Å². The molecule has 1 fully saturated rings. The van der Waals surface area contributed by atoms with Gasteiger partial charge in [0.05, 0.1) is 41.6 Å². The molecule has 1 aliphatic rings. The summed E-state index contributed by atoms with van der Waals surface area (Å²) >= 11 is 1.32.